The molecule has 0 aliphatic heterocycles. The Morgan fingerprint density at radius 1 is 1.20 bits per heavy atom. The maximum Gasteiger partial charge on any atom is 0.307 e. The van der Waals surface area contributed by atoms with Gasteiger partial charge < -0.3 is 10.4 Å². The zero-order valence-electron chi connectivity index (χ0n) is 13.5. The molecular weight excluding hydrogens is 343 g/mol. The van der Waals surface area contributed by atoms with E-state index in [0.717, 1.165) is 10.4 Å². The van der Waals surface area contributed by atoms with Crippen LogP contribution < -0.4 is 5.32 Å². The molecule has 1 amide bonds. The zero-order chi connectivity index (χ0) is 18.0. The Balaban J connectivity index is 1.78. The van der Waals surface area contributed by atoms with E-state index in [1.165, 1.54) is 23.5 Å². The summed E-state index contributed by atoms with van der Waals surface area (Å²) < 4.78 is 13.1. The predicted molar refractivity (Wildman–Crippen MR) is 93.9 cm³/mol. The molecule has 2 N–H and O–H groups in total. The Bertz CT molecular complexity index is 829. The number of aryl methyl sites for hydroxylation is 1. The molecule has 1 aliphatic rings. The highest BCUT2D eigenvalue weighted by Gasteiger charge is 2.34. The zero-order valence-corrected chi connectivity index (χ0v) is 14.3. The Hall–Kier alpha value is -2.54. The van der Waals surface area contributed by atoms with Gasteiger partial charge in [-0.15, -0.1) is 11.3 Å². The van der Waals surface area contributed by atoms with E-state index >= 15 is 0 Å². The van der Waals surface area contributed by atoms with Crippen LogP contribution in [0.3, 0.4) is 0 Å². The number of thiazole rings is 1. The summed E-state index contributed by atoms with van der Waals surface area (Å²) in [6, 6.07) is 5.99. The van der Waals surface area contributed by atoms with E-state index in [0.29, 0.717) is 23.7 Å². The van der Waals surface area contributed by atoms with E-state index in [-0.39, 0.29) is 11.7 Å². The number of anilines is 1. The number of aliphatic carboxylic acids is 1. The van der Waals surface area contributed by atoms with Crippen molar-refractivity contribution in [2.75, 3.05) is 5.32 Å². The molecule has 0 bridgehead atoms. The molecule has 0 fully saturated rings. The number of aromatic nitrogens is 1. The molecule has 25 heavy (non-hydrogen) atoms. The molecule has 0 unspecified atom stereocenters. The number of carboxylic acids is 1. The lowest BCUT2D eigenvalue weighted by Crippen LogP contribution is -2.34. The van der Waals surface area contributed by atoms with E-state index in [1.54, 1.807) is 18.2 Å². The Morgan fingerprint density at radius 3 is 2.48 bits per heavy atom. The normalized spacial score (nSPS) is 19.6. The van der Waals surface area contributed by atoms with Crippen LogP contribution in [0.5, 0.6) is 0 Å². The average Bonchev–Trinajstić information content (AvgIpc) is 2.95. The lowest BCUT2D eigenvalue weighted by atomic mass is 9.82. The van der Waals surface area contributed by atoms with Gasteiger partial charge in [-0.25, -0.2) is 9.37 Å². The van der Waals surface area contributed by atoms with Gasteiger partial charge in [0.1, 0.15) is 5.82 Å². The Morgan fingerprint density at radius 2 is 1.84 bits per heavy atom. The fourth-order valence-corrected chi connectivity index (χ4v) is 3.74. The number of halogens is 1. The van der Waals surface area contributed by atoms with Crippen molar-refractivity contribution < 1.29 is 19.1 Å². The average molecular weight is 360 g/mol. The van der Waals surface area contributed by atoms with Gasteiger partial charge in [0, 0.05) is 10.4 Å². The molecule has 0 spiro atoms. The highest BCUT2D eigenvalue weighted by atomic mass is 32.1. The lowest BCUT2D eigenvalue weighted by Gasteiger charge is -2.23. The molecule has 1 aromatic heterocycles. The lowest BCUT2D eigenvalue weighted by molar-refractivity contribution is -0.146. The molecule has 0 saturated heterocycles. The third kappa shape index (κ3) is 3.76. The minimum Gasteiger partial charge on any atom is -0.481 e. The van der Waals surface area contributed by atoms with E-state index in [2.05, 4.69) is 10.3 Å². The number of hydrogen-bond donors (Lipinski definition) is 2. The van der Waals surface area contributed by atoms with Crippen LogP contribution in [-0.4, -0.2) is 22.0 Å². The molecular formula is C18H17FN2O3S. The maximum atomic E-state index is 13.1. The van der Waals surface area contributed by atoms with E-state index in [9.17, 15) is 19.1 Å². The third-order valence-electron chi connectivity index (χ3n) is 4.23. The van der Waals surface area contributed by atoms with Crippen LogP contribution in [0.2, 0.25) is 0 Å². The number of nitrogens with zero attached hydrogens (tertiary/aromatic N) is 1. The fraction of sp³-hybridized carbons (Fsp3) is 0.278. The topological polar surface area (TPSA) is 79.3 Å². The summed E-state index contributed by atoms with van der Waals surface area (Å²) in [5.41, 5.74) is 1.44. The molecule has 1 heterocycles. The van der Waals surface area contributed by atoms with Crippen molar-refractivity contribution in [3.63, 3.8) is 0 Å². The van der Waals surface area contributed by atoms with Gasteiger partial charge in [0.05, 0.1) is 17.5 Å². The van der Waals surface area contributed by atoms with Crippen molar-refractivity contribution >= 4 is 28.3 Å². The second-order valence-electron chi connectivity index (χ2n) is 5.91. The molecule has 1 aliphatic carbocycles. The fourth-order valence-electron chi connectivity index (χ4n) is 2.90. The first-order valence-corrected chi connectivity index (χ1v) is 8.69. The molecule has 0 saturated carbocycles. The van der Waals surface area contributed by atoms with E-state index in [1.807, 2.05) is 13.0 Å². The number of benzene rings is 1. The largest absolute Gasteiger partial charge is 0.481 e. The number of amides is 1. The van der Waals surface area contributed by atoms with Crippen LogP contribution in [0, 0.1) is 24.6 Å². The number of carboxylic acid groups (broad SMARTS) is 1. The van der Waals surface area contributed by atoms with Crippen molar-refractivity contribution in [2.24, 2.45) is 11.8 Å². The second kappa shape index (κ2) is 7.14. The molecule has 1 aromatic carbocycles. The van der Waals surface area contributed by atoms with Gasteiger partial charge in [0.25, 0.3) is 0 Å². The third-order valence-corrected chi connectivity index (χ3v) is 5.12. The van der Waals surface area contributed by atoms with Gasteiger partial charge in [-0.3, -0.25) is 9.59 Å². The van der Waals surface area contributed by atoms with E-state index in [4.69, 9.17) is 0 Å². The van der Waals surface area contributed by atoms with Crippen LogP contribution in [-0.2, 0) is 9.59 Å². The maximum absolute atomic E-state index is 13.1. The molecule has 2 aromatic rings. The van der Waals surface area contributed by atoms with Gasteiger partial charge in [-0.05, 0) is 44.0 Å². The predicted octanol–water partition coefficient (Wildman–Crippen LogP) is 3.86. The Labute approximate surface area is 148 Å². The van der Waals surface area contributed by atoms with Crippen molar-refractivity contribution in [3.05, 3.63) is 47.1 Å². The van der Waals surface area contributed by atoms with Gasteiger partial charge >= 0.3 is 5.97 Å². The molecule has 2 atom stereocenters. The minimum absolute atomic E-state index is 0.324. The highest BCUT2D eigenvalue weighted by molar-refractivity contribution is 7.16. The first-order chi connectivity index (χ1) is 12.0. The molecule has 0 radical (unpaired) electrons. The number of nitrogens with one attached hydrogen (secondary N) is 1. The van der Waals surface area contributed by atoms with Gasteiger partial charge in [0.2, 0.25) is 5.91 Å². The highest BCUT2D eigenvalue weighted by Crippen LogP contribution is 2.32. The smallest absolute Gasteiger partial charge is 0.307 e. The summed E-state index contributed by atoms with van der Waals surface area (Å²) in [6.07, 6.45) is 4.38. The quantitative estimate of drug-likeness (QED) is 0.812. The molecule has 5 nitrogen and oxygen atoms in total. The monoisotopic (exact) mass is 360 g/mol. The number of carbonyl (C=O) groups is 2. The number of carbonyl (C=O) groups excluding carboxylic acids is 1. The Kier molecular flexibility index (Phi) is 4.94. The second-order valence-corrected chi connectivity index (χ2v) is 7.12. The van der Waals surface area contributed by atoms with Gasteiger partial charge in [0.15, 0.2) is 5.13 Å². The van der Waals surface area contributed by atoms with Crippen molar-refractivity contribution in [1.29, 1.82) is 0 Å². The van der Waals surface area contributed by atoms with Crippen molar-refractivity contribution in [1.82, 2.24) is 4.98 Å². The summed E-state index contributed by atoms with van der Waals surface area (Å²) in [4.78, 5) is 29.1. The standard InChI is InChI=1S/C18H17FN2O3S/c1-10-15(11-6-8-12(19)9-7-11)20-18(25-10)21-16(22)13-4-2-3-5-14(13)17(23)24/h2-3,6-9,13-14H,4-5H2,1H3,(H,23,24)(H,20,21,22)/t13-,14+/m0/s1. The summed E-state index contributed by atoms with van der Waals surface area (Å²) in [5, 5.41) is 12.4. The minimum atomic E-state index is -0.966. The van der Waals surface area contributed by atoms with Crippen molar-refractivity contribution in [2.45, 2.75) is 19.8 Å². The summed E-state index contributed by atoms with van der Waals surface area (Å²) in [6.45, 7) is 1.87. The summed E-state index contributed by atoms with van der Waals surface area (Å²) >= 11 is 1.31. The van der Waals surface area contributed by atoms with Crippen LogP contribution in [0.15, 0.2) is 36.4 Å². The first-order valence-electron chi connectivity index (χ1n) is 7.87. The number of rotatable bonds is 4. The SMILES string of the molecule is Cc1sc(NC(=O)[C@H]2CC=CC[C@H]2C(=O)O)nc1-c1ccc(F)cc1. The molecule has 3 rings (SSSR count). The number of allylic oxidation sites excluding steroid dienone is 2. The van der Waals surface area contributed by atoms with Gasteiger partial charge in [-0.2, -0.15) is 0 Å². The van der Waals surface area contributed by atoms with Crippen LogP contribution >= 0.6 is 11.3 Å². The van der Waals surface area contributed by atoms with Crippen LogP contribution in [0.1, 0.15) is 17.7 Å². The summed E-state index contributed by atoms with van der Waals surface area (Å²) in [7, 11) is 0. The molecule has 7 heteroatoms. The van der Waals surface area contributed by atoms with Crippen molar-refractivity contribution in [3.8, 4) is 11.3 Å². The summed E-state index contributed by atoms with van der Waals surface area (Å²) in [5.74, 6) is -2.96. The van der Waals surface area contributed by atoms with Crippen LogP contribution in [0.4, 0.5) is 9.52 Å². The molecule has 130 valence electrons. The van der Waals surface area contributed by atoms with Gasteiger partial charge in [-0.1, -0.05) is 12.2 Å². The number of hydrogen-bond acceptors (Lipinski definition) is 4. The van der Waals surface area contributed by atoms with E-state index < -0.39 is 17.8 Å². The van der Waals surface area contributed by atoms with Crippen LogP contribution in [0.25, 0.3) is 11.3 Å². The first kappa shape index (κ1) is 17.3.